The Labute approximate surface area is 128 Å². The number of sulfonamides is 1. The van der Waals surface area contributed by atoms with Crippen LogP contribution in [0.4, 0.5) is 0 Å². The Morgan fingerprint density at radius 2 is 1.80 bits per heavy atom. The molecule has 0 saturated carbocycles. The molecule has 0 aliphatic carbocycles. The summed E-state index contributed by atoms with van der Waals surface area (Å²) in [6.45, 7) is 0. The van der Waals surface area contributed by atoms with Crippen LogP contribution in [-0.4, -0.2) is 15.5 Å². The predicted octanol–water partition coefficient (Wildman–Crippen LogP) is -1.72. The molecule has 1 aromatic heterocycles. The van der Waals surface area contributed by atoms with E-state index in [1.807, 2.05) is 0 Å². The Balaban J connectivity index is 0.00000200. The second-order valence-electron chi connectivity index (χ2n) is 3.81. The Hall–Kier alpha value is -1.34. The summed E-state index contributed by atoms with van der Waals surface area (Å²) in [5.41, 5.74) is 0.761. The topological polar surface area (TPSA) is 73.3 Å². The van der Waals surface area contributed by atoms with Crippen LogP contribution in [-0.2, 0) is 10.0 Å². The van der Waals surface area contributed by atoms with Crippen LogP contribution < -0.4 is 26.8 Å². The quantitative estimate of drug-likeness (QED) is 0.678. The van der Waals surface area contributed by atoms with E-state index in [4.69, 9.17) is 21.5 Å². The van der Waals surface area contributed by atoms with Crippen molar-refractivity contribution in [3.8, 4) is 11.4 Å². The number of rotatable bonds is 3. The Morgan fingerprint density at radius 1 is 1.20 bits per heavy atom. The van der Waals surface area contributed by atoms with Gasteiger partial charge in [-0.2, -0.15) is 4.57 Å². The molecule has 0 atom stereocenters. The number of hydrogen-bond acceptors (Lipinski definition) is 3. The van der Waals surface area contributed by atoms with Gasteiger partial charge in [0.05, 0.1) is 7.11 Å². The van der Waals surface area contributed by atoms with Gasteiger partial charge in [-0.3, -0.25) is 0 Å². The van der Waals surface area contributed by atoms with E-state index in [0.29, 0.717) is 5.02 Å². The molecule has 1 aromatic carbocycles. The summed E-state index contributed by atoms with van der Waals surface area (Å²) in [6.07, 6.45) is 3.08. The zero-order chi connectivity index (χ0) is 14.0. The van der Waals surface area contributed by atoms with Gasteiger partial charge in [0.25, 0.3) is 0 Å². The molecule has 2 aromatic rings. The summed E-state index contributed by atoms with van der Waals surface area (Å²) in [4.78, 5) is -0.0764. The van der Waals surface area contributed by atoms with Crippen LogP contribution in [0.2, 0.25) is 5.02 Å². The van der Waals surface area contributed by atoms with Crippen LogP contribution in [0.25, 0.3) is 5.69 Å². The Kier molecular flexibility index (Phi) is 5.35. The predicted molar refractivity (Wildman–Crippen MR) is 70.9 cm³/mol. The van der Waals surface area contributed by atoms with Crippen molar-refractivity contribution in [3.05, 3.63) is 47.7 Å². The molecule has 108 valence electrons. The maximum Gasteiger partial charge on any atom is 0.247 e. The number of aromatic nitrogens is 1. The fraction of sp³-hybridized carbons (Fsp3) is 0.0833. The van der Waals surface area contributed by atoms with Gasteiger partial charge in [-0.05, 0) is 12.1 Å². The molecule has 0 aliphatic heterocycles. The normalized spacial score (nSPS) is 10.8. The first-order valence-electron chi connectivity index (χ1n) is 5.30. The van der Waals surface area contributed by atoms with E-state index in [0.717, 1.165) is 5.69 Å². The maximum absolute atomic E-state index is 11.5. The number of benzene rings is 1. The van der Waals surface area contributed by atoms with E-state index in [2.05, 4.69) is 0 Å². The summed E-state index contributed by atoms with van der Waals surface area (Å²) in [6, 6.07) is 8.49. The van der Waals surface area contributed by atoms with Gasteiger partial charge >= 0.3 is 0 Å². The molecule has 0 amide bonds. The molecule has 0 aliphatic rings. The van der Waals surface area contributed by atoms with Gasteiger partial charge in [0.2, 0.25) is 15.7 Å². The summed E-state index contributed by atoms with van der Waals surface area (Å²) in [5, 5.41) is 5.76. The number of primary sulfonamides is 1. The molecule has 2 N–H and O–H groups in total. The van der Waals surface area contributed by atoms with E-state index in [-0.39, 0.29) is 23.1 Å². The molecule has 0 spiro atoms. The van der Waals surface area contributed by atoms with Gasteiger partial charge in [-0.1, -0.05) is 11.6 Å². The monoisotopic (exact) mass is 334 g/mol. The molecular formula is C12H12Cl2N2O3S. The van der Waals surface area contributed by atoms with E-state index in [1.54, 1.807) is 35.0 Å². The van der Waals surface area contributed by atoms with Crippen molar-refractivity contribution >= 4 is 21.6 Å². The standard InChI is InChI=1S/C12H12ClN2O3S.ClH/c1-18-11-6-7-15(8-12(11)19(14,16)17)10-4-2-9(13)3-5-10;/h2-8H,1H3,(H2,14,16,17);1H/q+1;/p-1. The van der Waals surface area contributed by atoms with Gasteiger partial charge in [0, 0.05) is 23.2 Å². The zero-order valence-electron chi connectivity index (χ0n) is 10.5. The summed E-state index contributed by atoms with van der Waals surface area (Å²) in [7, 11) is -2.47. The van der Waals surface area contributed by atoms with Gasteiger partial charge in [0.1, 0.15) is 0 Å². The highest BCUT2D eigenvalue weighted by molar-refractivity contribution is 7.89. The number of nitrogens with two attached hydrogens (primary N) is 1. The van der Waals surface area contributed by atoms with Gasteiger partial charge in [-0.15, -0.1) is 0 Å². The van der Waals surface area contributed by atoms with Crippen LogP contribution in [0.5, 0.6) is 5.75 Å². The average Bonchev–Trinajstić information content (AvgIpc) is 2.38. The molecule has 0 saturated heterocycles. The summed E-state index contributed by atoms with van der Waals surface area (Å²) >= 11 is 5.81. The lowest BCUT2D eigenvalue weighted by atomic mass is 10.3. The minimum atomic E-state index is -3.86. The minimum Gasteiger partial charge on any atom is -1.00 e. The largest absolute Gasteiger partial charge is 1.00 e. The highest BCUT2D eigenvalue weighted by Gasteiger charge is 2.20. The van der Waals surface area contributed by atoms with E-state index >= 15 is 0 Å². The van der Waals surface area contributed by atoms with Crippen molar-refractivity contribution in [1.29, 1.82) is 0 Å². The van der Waals surface area contributed by atoms with Crippen LogP contribution in [0, 0.1) is 0 Å². The molecular weight excluding hydrogens is 323 g/mol. The number of ether oxygens (including phenoxy) is 1. The average molecular weight is 335 g/mol. The van der Waals surface area contributed by atoms with E-state index in [1.165, 1.54) is 19.4 Å². The Bertz CT molecular complexity index is 703. The molecule has 2 rings (SSSR count). The summed E-state index contributed by atoms with van der Waals surface area (Å²) < 4.78 is 29.6. The molecule has 0 radical (unpaired) electrons. The number of methoxy groups -OCH3 is 1. The van der Waals surface area contributed by atoms with E-state index in [9.17, 15) is 8.42 Å². The lowest BCUT2D eigenvalue weighted by Crippen LogP contribution is -3.00. The molecule has 0 bridgehead atoms. The van der Waals surface area contributed by atoms with Crippen molar-refractivity contribution in [2.24, 2.45) is 5.14 Å². The van der Waals surface area contributed by atoms with Gasteiger partial charge in [0.15, 0.2) is 23.0 Å². The van der Waals surface area contributed by atoms with Crippen molar-refractivity contribution in [2.75, 3.05) is 7.11 Å². The van der Waals surface area contributed by atoms with Gasteiger partial charge in [-0.25, -0.2) is 13.6 Å². The maximum atomic E-state index is 11.5. The zero-order valence-corrected chi connectivity index (χ0v) is 12.8. The highest BCUT2D eigenvalue weighted by Crippen LogP contribution is 2.20. The second-order valence-corrected chi connectivity index (χ2v) is 5.77. The first-order valence-corrected chi connectivity index (χ1v) is 7.22. The minimum absolute atomic E-state index is 0. The third kappa shape index (κ3) is 3.61. The molecule has 0 unspecified atom stereocenters. The number of hydrogen-bond donors (Lipinski definition) is 1. The first kappa shape index (κ1) is 16.7. The fourth-order valence-corrected chi connectivity index (χ4v) is 2.44. The molecule has 0 fully saturated rings. The summed E-state index contributed by atoms with van der Waals surface area (Å²) in [5.74, 6) is 0.202. The third-order valence-corrected chi connectivity index (χ3v) is 3.71. The van der Waals surface area contributed by atoms with Crippen LogP contribution in [0.15, 0.2) is 47.6 Å². The second kappa shape index (κ2) is 6.41. The SMILES string of the molecule is COc1cc[n+](-c2ccc(Cl)cc2)cc1S(N)(=O)=O.[Cl-]. The van der Waals surface area contributed by atoms with Crippen LogP contribution in [0.3, 0.4) is 0 Å². The van der Waals surface area contributed by atoms with Crippen molar-refractivity contribution in [2.45, 2.75) is 4.90 Å². The molecule has 1 heterocycles. The van der Waals surface area contributed by atoms with Crippen LogP contribution in [0.1, 0.15) is 0 Å². The highest BCUT2D eigenvalue weighted by atomic mass is 35.5. The number of pyridine rings is 1. The van der Waals surface area contributed by atoms with Gasteiger partial charge < -0.3 is 17.1 Å². The lowest BCUT2D eigenvalue weighted by molar-refractivity contribution is -0.598. The molecule has 5 nitrogen and oxygen atoms in total. The fourth-order valence-electron chi connectivity index (χ4n) is 1.62. The number of nitrogens with zero attached hydrogens (tertiary/aromatic N) is 1. The van der Waals surface area contributed by atoms with Crippen molar-refractivity contribution in [1.82, 2.24) is 0 Å². The Morgan fingerprint density at radius 3 is 2.30 bits per heavy atom. The smallest absolute Gasteiger partial charge is 0.247 e. The lowest BCUT2D eigenvalue weighted by Gasteiger charge is -2.05. The van der Waals surface area contributed by atoms with Crippen molar-refractivity contribution < 1.29 is 30.1 Å². The first-order chi connectivity index (χ1) is 8.91. The molecule has 20 heavy (non-hydrogen) atoms. The number of halogens is 2. The van der Waals surface area contributed by atoms with Crippen molar-refractivity contribution in [3.63, 3.8) is 0 Å². The van der Waals surface area contributed by atoms with E-state index < -0.39 is 10.0 Å². The third-order valence-electron chi connectivity index (χ3n) is 2.54. The van der Waals surface area contributed by atoms with Crippen LogP contribution >= 0.6 is 11.6 Å². The molecule has 8 heteroatoms.